The van der Waals surface area contributed by atoms with Gasteiger partial charge in [0.05, 0.1) is 24.8 Å². The van der Waals surface area contributed by atoms with E-state index in [1.54, 1.807) is 48.2 Å². The van der Waals surface area contributed by atoms with Crippen LogP contribution in [0.2, 0.25) is 0 Å². The lowest BCUT2D eigenvalue weighted by molar-refractivity contribution is -0.256. The van der Waals surface area contributed by atoms with Crippen LogP contribution in [-0.2, 0) is 20.9 Å². The lowest BCUT2D eigenvalue weighted by Crippen LogP contribution is -2.70. The number of phenols is 1. The summed E-state index contributed by atoms with van der Waals surface area (Å²) >= 11 is 0. The fraction of sp³-hybridized carbons (Fsp3) is 0.526. The van der Waals surface area contributed by atoms with Gasteiger partial charge in [-0.25, -0.2) is 9.18 Å². The summed E-state index contributed by atoms with van der Waals surface area (Å²) in [6.45, 7) is 6.16. The number of fused-ring (bicyclic) bond motifs is 2. The molecule has 0 saturated heterocycles. The lowest BCUT2D eigenvalue weighted by atomic mass is 9.55. The molecule has 1 fully saturated rings. The van der Waals surface area contributed by atoms with Crippen LogP contribution in [0.4, 0.5) is 9.18 Å². The minimum Gasteiger partial charge on any atom is -0.508 e. The second-order valence-electron chi connectivity index (χ2n) is 12.9. The number of aliphatic hydroxyl groups excluding tert-OH is 2. The number of amides is 1. The Kier molecular flexibility index (Phi) is 12.4. The topological polar surface area (TPSA) is 130 Å². The molecule has 5 rings (SSSR count). The Bertz CT molecular complexity index is 1500. The molecule has 0 unspecified atom stereocenters. The number of allylic oxidation sites excluding steroid dienone is 1. The molecular weight excluding hydrogens is 631 g/mol. The molecule has 2 aliphatic carbocycles. The molecule has 1 heterocycles. The Morgan fingerprint density at radius 2 is 1.86 bits per heavy atom. The van der Waals surface area contributed by atoms with Crippen LogP contribution in [0.3, 0.4) is 0 Å². The highest BCUT2D eigenvalue weighted by atomic mass is 19.1. The SMILES string of the molecule is C=CCO[C@@]12Oc3ccc(O)cc3[C@H]3[C@H](CCCCO)[C@@H](CCCCO)C=C(C(=NOC)C[C@@H]1N(Cc1ccc(F)cc1)C(=O)OCC)[C@H]32. The van der Waals surface area contributed by atoms with Gasteiger partial charge in [-0.3, -0.25) is 4.90 Å². The first-order chi connectivity index (χ1) is 23.8. The zero-order valence-electron chi connectivity index (χ0n) is 28.4. The number of phenolic OH excluding ortho intramolecular Hbond substituents is 1. The fourth-order valence-corrected chi connectivity index (χ4v) is 8.06. The molecule has 0 radical (unpaired) electrons. The van der Waals surface area contributed by atoms with E-state index in [4.69, 9.17) is 19.0 Å². The number of carbonyl (C=O) groups is 1. The molecule has 2 aromatic carbocycles. The van der Waals surface area contributed by atoms with E-state index in [1.807, 2.05) is 0 Å². The van der Waals surface area contributed by atoms with Gasteiger partial charge in [-0.1, -0.05) is 42.3 Å². The number of ether oxygens (including phenoxy) is 3. The van der Waals surface area contributed by atoms with E-state index in [1.165, 1.54) is 19.2 Å². The maximum Gasteiger partial charge on any atom is 0.410 e. The van der Waals surface area contributed by atoms with Gasteiger partial charge < -0.3 is 34.4 Å². The van der Waals surface area contributed by atoms with Crippen molar-refractivity contribution in [2.24, 2.45) is 22.9 Å². The lowest BCUT2D eigenvalue weighted by Gasteiger charge is -2.59. The summed E-state index contributed by atoms with van der Waals surface area (Å²) in [5.74, 6) is -1.86. The molecule has 3 N–H and O–H groups in total. The molecule has 266 valence electrons. The van der Waals surface area contributed by atoms with E-state index < -0.39 is 23.8 Å². The summed E-state index contributed by atoms with van der Waals surface area (Å²) in [4.78, 5) is 21.0. The van der Waals surface area contributed by atoms with Gasteiger partial charge in [0, 0.05) is 37.7 Å². The molecule has 2 aromatic rings. The standard InChI is InChI=1S/C38H49FN2O8/c1-4-20-48-38-34(41(37(45)47-5-2)24-25-12-14-27(39)15-13-25)23-32(40-46-3)30-21-26(10-6-8-18-42)29(11-7-9-19-43)35(36(30)38)31-22-28(44)16-17-33(31)49-38/h4,12-17,21-22,26,29,34-36,42-44H,1,5-11,18-20,23-24H2,2-3H3/t26-,29+,34-,35+,36+,38+/m0/s1. The Morgan fingerprint density at radius 1 is 1.12 bits per heavy atom. The van der Waals surface area contributed by atoms with Crippen LogP contribution in [-0.4, -0.2) is 77.4 Å². The molecule has 11 heteroatoms. The summed E-state index contributed by atoms with van der Waals surface area (Å²) < 4.78 is 33.5. The van der Waals surface area contributed by atoms with E-state index >= 15 is 0 Å². The molecule has 49 heavy (non-hydrogen) atoms. The van der Waals surface area contributed by atoms with Crippen molar-refractivity contribution < 1.29 is 43.6 Å². The monoisotopic (exact) mass is 680 g/mol. The molecule has 1 amide bonds. The zero-order valence-corrected chi connectivity index (χ0v) is 28.4. The number of benzene rings is 2. The van der Waals surface area contributed by atoms with Crippen molar-refractivity contribution in [2.45, 2.75) is 76.2 Å². The number of aliphatic hydroxyl groups is 2. The number of oxime groups is 1. The van der Waals surface area contributed by atoms with Crippen LogP contribution in [0.5, 0.6) is 11.5 Å². The van der Waals surface area contributed by atoms with Crippen LogP contribution in [0.1, 0.15) is 68.9 Å². The van der Waals surface area contributed by atoms with Crippen molar-refractivity contribution in [3.63, 3.8) is 0 Å². The third-order valence-electron chi connectivity index (χ3n) is 10.0. The van der Waals surface area contributed by atoms with Gasteiger partial charge in [0.1, 0.15) is 30.5 Å². The maximum atomic E-state index is 14.0. The van der Waals surface area contributed by atoms with Crippen LogP contribution < -0.4 is 4.74 Å². The van der Waals surface area contributed by atoms with E-state index in [0.29, 0.717) is 29.9 Å². The smallest absolute Gasteiger partial charge is 0.410 e. The Labute approximate surface area is 287 Å². The predicted molar refractivity (Wildman–Crippen MR) is 183 cm³/mol. The van der Waals surface area contributed by atoms with Crippen LogP contribution in [0.15, 0.2) is 71.9 Å². The molecule has 0 aromatic heterocycles. The van der Waals surface area contributed by atoms with Gasteiger partial charge in [0.25, 0.3) is 0 Å². The minimum atomic E-state index is -1.46. The van der Waals surface area contributed by atoms with Gasteiger partial charge >= 0.3 is 6.09 Å². The summed E-state index contributed by atoms with van der Waals surface area (Å²) in [6.07, 6.45) is 8.00. The van der Waals surface area contributed by atoms with Gasteiger partial charge in [-0.05, 0) is 85.9 Å². The van der Waals surface area contributed by atoms with Gasteiger partial charge in [0.15, 0.2) is 0 Å². The molecular formula is C38H49FN2O8. The molecule has 0 spiro atoms. The second kappa shape index (κ2) is 16.7. The van der Waals surface area contributed by atoms with Crippen LogP contribution >= 0.6 is 0 Å². The van der Waals surface area contributed by atoms with Gasteiger partial charge in [0.2, 0.25) is 5.79 Å². The predicted octanol–water partition coefficient (Wildman–Crippen LogP) is 6.45. The second-order valence-corrected chi connectivity index (χ2v) is 12.9. The summed E-state index contributed by atoms with van der Waals surface area (Å²) in [5, 5.41) is 34.7. The Hall–Kier alpha value is -3.93. The van der Waals surface area contributed by atoms with E-state index in [9.17, 15) is 24.5 Å². The van der Waals surface area contributed by atoms with Crippen molar-refractivity contribution >= 4 is 11.8 Å². The van der Waals surface area contributed by atoms with Gasteiger partial charge in [-0.15, -0.1) is 6.58 Å². The van der Waals surface area contributed by atoms with Crippen molar-refractivity contribution in [3.05, 3.63) is 83.7 Å². The van der Waals surface area contributed by atoms with E-state index in [0.717, 1.165) is 36.8 Å². The number of unbranched alkanes of at least 4 members (excludes halogenated alkanes) is 2. The van der Waals surface area contributed by atoms with Crippen LogP contribution in [0, 0.1) is 23.6 Å². The van der Waals surface area contributed by atoms with Crippen molar-refractivity contribution in [2.75, 3.05) is 33.5 Å². The average Bonchev–Trinajstić information content (AvgIpc) is 3.09. The molecule has 10 nitrogen and oxygen atoms in total. The fourth-order valence-electron chi connectivity index (χ4n) is 8.06. The summed E-state index contributed by atoms with van der Waals surface area (Å²) in [6, 6.07) is 10.3. The summed E-state index contributed by atoms with van der Waals surface area (Å²) in [5.41, 5.74) is 3.04. The number of hydrogen-bond acceptors (Lipinski definition) is 9. The average molecular weight is 681 g/mol. The minimum absolute atomic E-state index is 0.0332. The first-order valence-electron chi connectivity index (χ1n) is 17.3. The highest BCUT2D eigenvalue weighted by Gasteiger charge is 2.65. The Morgan fingerprint density at radius 3 is 2.53 bits per heavy atom. The van der Waals surface area contributed by atoms with E-state index in [2.05, 4.69) is 17.8 Å². The normalized spacial score (nSPS) is 26.2. The first kappa shape index (κ1) is 36.4. The molecule has 3 aliphatic rings. The molecule has 1 aliphatic heterocycles. The number of halogens is 1. The van der Waals surface area contributed by atoms with Gasteiger partial charge in [-0.2, -0.15) is 0 Å². The molecule has 1 saturated carbocycles. The number of rotatable bonds is 16. The largest absolute Gasteiger partial charge is 0.508 e. The number of aromatic hydroxyl groups is 1. The van der Waals surface area contributed by atoms with E-state index in [-0.39, 0.29) is 68.7 Å². The third kappa shape index (κ3) is 7.64. The zero-order chi connectivity index (χ0) is 35.0. The summed E-state index contributed by atoms with van der Waals surface area (Å²) in [7, 11) is 1.49. The first-order valence-corrected chi connectivity index (χ1v) is 17.3. The maximum absolute atomic E-state index is 14.0. The number of hydrogen-bond donors (Lipinski definition) is 3. The third-order valence-corrected chi connectivity index (χ3v) is 10.0. The number of nitrogens with zero attached hydrogens (tertiary/aromatic N) is 2. The highest BCUT2D eigenvalue weighted by Crippen LogP contribution is 2.62. The quantitative estimate of drug-likeness (QED) is 0.105. The van der Waals surface area contributed by atoms with Crippen LogP contribution in [0.25, 0.3) is 0 Å². The Balaban J connectivity index is 1.76. The van der Waals surface area contributed by atoms with Crippen molar-refractivity contribution in [1.29, 1.82) is 0 Å². The molecule has 0 bridgehead atoms. The number of carbonyl (C=O) groups excluding carboxylic acids is 1. The highest BCUT2D eigenvalue weighted by molar-refractivity contribution is 6.02. The van der Waals surface area contributed by atoms with Crippen molar-refractivity contribution in [1.82, 2.24) is 4.90 Å². The molecule has 6 atom stereocenters. The van der Waals surface area contributed by atoms with Crippen molar-refractivity contribution in [3.8, 4) is 11.5 Å².